The number of hydrogen-bond donors (Lipinski definition) is 2. The fraction of sp³-hybridized carbons (Fsp3) is 1.00. The fourth-order valence-electron chi connectivity index (χ4n) is 2.05. The second kappa shape index (κ2) is 8.03. The maximum Gasteiger partial charge on any atom is 0.0597 e. The number of aliphatic hydroxyl groups excluding tert-OH is 1. The average molecular weight is 243 g/mol. The molecule has 1 aliphatic rings. The number of likely N-dealkylation sites (N-methyl/N-ethyl adjacent to an activating group) is 1. The van der Waals surface area contributed by atoms with Crippen LogP contribution in [0.2, 0.25) is 0 Å². The van der Waals surface area contributed by atoms with Crippen molar-refractivity contribution in [2.45, 2.75) is 38.3 Å². The van der Waals surface area contributed by atoms with Crippen LogP contribution in [0.15, 0.2) is 0 Å². The van der Waals surface area contributed by atoms with E-state index in [1.54, 1.807) is 0 Å². The summed E-state index contributed by atoms with van der Waals surface area (Å²) in [5.74, 6) is 0. The van der Waals surface area contributed by atoms with Crippen LogP contribution in [-0.4, -0.2) is 73.9 Å². The van der Waals surface area contributed by atoms with E-state index in [-0.39, 0.29) is 12.6 Å². The Morgan fingerprint density at radius 2 is 2.00 bits per heavy atom. The predicted molar refractivity (Wildman–Crippen MR) is 72.3 cm³/mol. The minimum absolute atomic E-state index is 0.251. The summed E-state index contributed by atoms with van der Waals surface area (Å²) in [5, 5.41) is 12.9. The van der Waals surface area contributed by atoms with E-state index in [9.17, 15) is 5.11 Å². The van der Waals surface area contributed by atoms with Gasteiger partial charge in [0.15, 0.2) is 0 Å². The van der Waals surface area contributed by atoms with Crippen molar-refractivity contribution in [3.63, 3.8) is 0 Å². The maximum atomic E-state index is 9.36. The van der Waals surface area contributed by atoms with E-state index in [0.29, 0.717) is 6.04 Å². The molecule has 0 spiro atoms. The quantitative estimate of drug-likeness (QED) is 0.582. The molecule has 1 saturated carbocycles. The molecule has 1 aliphatic carbocycles. The Morgan fingerprint density at radius 1 is 1.29 bits per heavy atom. The van der Waals surface area contributed by atoms with E-state index in [1.165, 1.54) is 19.3 Å². The SMILES string of the molecule is CCN(CCCN(C)C)CC(CO)NC1CC1. The van der Waals surface area contributed by atoms with E-state index >= 15 is 0 Å². The first-order valence-electron chi connectivity index (χ1n) is 6.89. The van der Waals surface area contributed by atoms with Crippen LogP contribution in [-0.2, 0) is 0 Å². The van der Waals surface area contributed by atoms with Crippen LogP contribution in [0, 0.1) is 0 Å². The largest absolute Gasteiger partial charge is 0.395 e. The zero-order valence-corrected chi connectivity index (χ0v) is 11.7. The normalized spacial score (nSPS) is 18.0. The summed E-state index contributed by atoms with van der Waals surface area (Å²) in [6, 6.07) is 0.925. The molecule has 2 N–H and O–H groups in total. The molecule has 1 rings (SSSR count). The highest BCUT2D eigenvalue weighted by atomic mass is 16.3. The first kappa shape index (κ1) is 14.9. The monoisotopic (exact) mass is 243 g/mol. The minimum atomic E-state index is 0.251. The molecule has 0 aromatic carbocycles. The molecule has 1 unspecified atom stereocenters. The van der Waals surface area contributed by atoms with Gasteiger partial charge < -0.3 is 20.2 Å². The average Bonchev–Trinajstić information content (AvgIpc) is 3.09. The van der Waals surface area contributed by atoms with Gasteiger partial charge in [-0.25, -0.2) is 0 Å². The van der Waals surface area contributed by atoms with Gasteiger partial charge in [0, 0.05) is 18.6 Å². The molecule has 0 amide bonds. The van der Waals surface area contributed by atoms with E-state index < -0.39 is 0 Å². The van der Waals surface area contributed by atoms with Crippen molar-refractivity contribution in [2.75, 3.05) is 46.9 Å². The minimum Gasteiger partial charge on any atom is -0.395 e. The summed E-state index contributed by atoms with van der Waals surface area (Å²) < 4.78 is 0. The molecule has 1 fully saturated rings. The predicted octanol–water partition coefficient (Wildman–Crippen LogP) is 0.373. The number of nitrogens with zero attached hydrogens (tertiary/aromatic N) is 2. The molecule has 102 valence electrons. The Hall–Kier alpha value is -0.160. The van der Waals surface area contributed by atoms with Crippen LogP contribution in [0.1, 0.15) is 26.2 Å². The topological polar surface area (TPSA) is 38.7 Å². The highest BCUT2D eigenvalue weighted by Crippen LogP contribution is 2.19. The molecular weight excluding hydrogens is 214 g/mol. The van der Waals surface area contributed by atoms with E-state index in [1.807, 2.05) is 0 Å². The molecule has 0 heterocycles. The molecule has 0 bridgehead atoms. The van der Waals surface area contributed by atoms with Gasteiger partial charge in [-0.3, -0.25) is 0 Å². The molecule has 17 heavy (non-hydrogen) atoms. The molecular formula is C13H29N3O. The molecule has 4 heteroatoms. The Kier molecular flexibility index (Phi) is 7.04. The van der Waals surface area contributed by atoms with Gasteiger partial charge in [-0.1, -0.05) is 6.92 Å². The molecule has 0 aliphatic heterocycles. The number of rotatable bonds is 10. The second-order valence-corrected chi connectivity index (χ2v) is 5.37. The number of aliphatic hydroxyl groups is 1. The van der Waals surface area contributed by atoms with Crippen molar-refractivity contribution in [3.8, 4) is 0 Å². The third-order valence-corrected chi connectivity index (χ3v) is 3.27. The molecule has 0 aromatic rings. The summed E-state index contributed by atoms with van der Waals surface area (Å²) in [6.07, 6.45) is 3.76. The van der Waals surface area contributed by atoms with Gasteiger partial charge in [0.25, 0.3) is 0 Å². The standard InChI is InChI=1S/C13H29N3O/c1-4-16(9-5-8-15(2)3)10-13(11-17)14-12-6-7-12/h12-14,17H,4-11H2,1-3H3. The van der Waals surface area contributed by atoms with Gasteiger partial charge in [0.1, 0.15) is 0 Å². The third-order valence-electron chi connectivity index (χ3n) is 3.27. The second-order valence-electron chi connectivity index (χ2n) is 5.37. The van der Waals surface area contributed by atoms with Crippen molar-refractivity contribution in [3.05, 3.63) is 0 Å². The lowest BCUT2D eigenvalue weighted by Gasteiger charge is -2.26. The summed E-state index contributed by atoms with van der Waals surface area (Å²) in [6.45, 7) is 6.74. The van der Waals surface area contributed by atoms with E-state index in [4.69, 9.17) is 0 Å². The highest BCUT2D eigenvalue weighted by Gasteiger charge is 2.24. The smallest absolute Gasteiger partial charge is 0.0597 e. The molecule has 0 saturated heterocycles. The van der Waals surface area contributed by atoms with Crippen LogP contribution in [0.3, 0.4) is 0 Å². The molecule has 1 atom stereocenters. The zero-order chi connectivity index (χ0) is 12.7. The van der Waals surface area contributed by atoms with Gasteiger partial charge >= 0.3 is 0 Å². The maximum absolute atomic E-state index is 9.36. The summed E-state index contributed by atoms with van der Waals surface area (Å²) >= 11 is 0. The zero-order valence-electron chi connectivity index (χ0n) is 11.7. The lowest BCUT2D eigenvalue weighted by atomic mass is 10.2. The van der Waals surface area contributed by atoms with Gasteiger partial charge in [-0.15, -0.1) is 0 Å². The lowest BCUT2D eigenvalue weighted by Crippen LogP contribution is -2.44. The molecule has 0 aromatic heterocycles. The van der Waals surface area contributed by atoms with Crippen molar-refractivity contribution >= 4 is 0 Å². The summed E-state index contributed by atoms with van der Waals surface area (Å²) in [4.78, 5) is 4.65. The molecule has 0 radical (unpaired) electrons. The van der Waals surface area contributed by atoms with Gasteiger partial charge in [-0.05, 0) is 53.0 Å². The van der Waals surface area contributed by atoms with Gasteiger partial charge in [0.05, 0.1) is 6.61 Å². The van der Waals surface area contributed by atoms with Crippen molar-refractivity contribution in [1.82, 2.24) is 15.1 Å². The summed E-state index contributed by atoms with van der Waals surface area (Å²) in [7, 11) is 4.23. The van der Waals surface area contributed by atoms with Crippen molar-refractivity contribution in [1.29, 1.82) is 0 Å². The van der Waals surface area contributed by atoms with Crippen LogP contribution >= 0.6 is 0 Å². The first-order chi connectivity index (χ1) is 8.15. The Bertz CT molecular complexity index is 195. The van der Waals surface area contributed by atoms with Crippen LogP contribution in [0.25, 0.3) is 0 Å². The fourth-order valence-corrected chi connectivity index (χ4v) is 2.05. The Balaban J connectivity index is 2.17. The van der Waals surface area contributed by atoms with E-state index in [0.717, 1.165) is 26.2 Å². The Labute approximate surface area is 106 Å². The third kappa shape index (κ3) is 6.99. The van der Waals surface area contributed by atoms with Gasteiger partial charge in [-0.2, -0.15) is 0 Å². The van der Waals surface area contributed by atoms with Crippen LogP contribution in [0.5, 0.6) is 0 Å². The molecule has 4 nitrogen and oxygen atoms in total. The van der Waals surface area contributed by atoms with Gasteiger partial charge in [0.2, 0.25) is 0 Å². The first-order valence-corrected chi connectivity index (χ1v) is 6.89. The van der Waals surface area contributed by atoms with Crippen LogP contribution < -0.4 is 5.32 Å². The Morgan fingerprint density at radius 3 is 2.47 bits per heavy atom. The summed E-state index contributed by atoms with van der Waals surface area (Å²) in [5.41, 5.74) is 0. The van der Waals surface area contributed by atoms with E-state index in [2.05, 4.69) is 36.1 Å². The van der Waals surface area contributed by atoms with Crippen molar-refractivity contribution < 1.29 is 5.11 Å². The lowest BCUT2D eigenvalue weighted by molar-refractivity contribution is 0.180. The number of hydrogen-bond acceptors (Lipinski definition) is 4. The number of nitrogens with one attached hydrogen (secondary N) is 1. The van der Waals surface area contributed by atoms with Crippen LogP contribution in [0.4, 0.5) is 0 Å². The highest BCUT2D eigenvalue weighted by molar-refractivity contribution is 4.85. The van der Waals surface area contributed by atoms with Crippen molar-refractivity contribution in [2.24, 2.45) is 0 Å².